The first-order chi connectivity index (χ1) is 13.2. The molecule has 0 amide bonds. The zero-order valence-electron chi connectivity index (χ0n) is 14.7. The summed E-state index contributed by atoms with van der Waals surface area (Å²) >= 11 is 8.50. The molecule has 28 heavy (non-hydrogen) atoms. The van der Waals surface area contributed by atoms with Gasteiger partial charge < -0.3 is 15.3 Å². The van der Waals surface area contributed by atoms with Crippen LogP contribution in [0.2, 0.25) is 0 Å². The first-order valence-electron chi connectivity index (χ1n) is 8.31. The molecule has 0 aliphatic rings. The van der Waals surface area contributed by atoms with Crippen molar-refractivity contribution in [1.29, 1.82) is 0 Å². The lowest BCUT2D eigenvalue weighted by molar-refractivity contribution is 0.463. The molecule has 0 fully saturated rings. The lowest BCUT2D eigenvalue weighted by Gasteiger charge is -2.14. The van der Waals surface area contributed by atoms with Crippen LogP contribution in [0.25, 0.3) is 0 Å². The van der Waals surface area contributed by atoms with Crippen LogP contribution < -0.4 is 0 Å². The first-order valence-corrected chi connectivity index (χ1v) is 12.6. The van der Waals surface area contributed by atoms with Crippen molar-refractivity contribution in [2.75, 3.05) is 0 Å². The average molecular weight is 824 g/mol. The van der Waals surface area contributed by atoms with E-state index < -0.39 is 0 Å². The molecule has 0 heterocycles. The van der Waals surface area contributed by atoms with Crippen LogP contribution in [0.5, 0.6) is 17.2 Å². The molecule has 0 saturated carbocycles. The van der Waals surface area contributed by atoms with E-state index in [1.54, 1.807) is 0 Å². The molecule has 146 valence electrons. The molecule has 0 aliphatic carbocycles. The summed E-state index contributed by atoms with van der Waals surface area (Å²) in [6.07, 6.45) is 1.19. The van der Waals surface area contributed by atoms with E-state index in [1.165, 1.54) is 0 Å². The summed E-state index contributed by atoms with van der Waals surface area (Å²) < 4.78 is 3.22. The van der Waals surface area contributed by atoms with Crippen LogP contribution in [0.3, 0.4) is 0 Å². The van der Waals surface area contributed by atoms with E-state index in [-0.39, 0.29) is 0 Å². The van der Waals surface area contributed by atoms with Gasteiger partial charge in [-0.15, -0.1) is 0 Å². The van der Waals surface area contributed by atoms with Crippen molar-refractivity contribution in [3.05, 3.63) is 78.5 Å². The van der Waals surface area contributed by atoms with Gasteiger partial charge in [0, 0.05) is 12.8 Å². The number of aryl methyl sites for hydroxylation is 1. The molecule has 0 unspecified atom stereocenters. The summed E-state index contributed by atoms with van der Waals surface area (Å²) in [5, 5.41) is 30.9. The molecule has 0 radical (unpaired) electrons. The van der Waals surface area contributed by atoms with E-state index in [4.69, 9.17) is 0 Å². The second-order valence-electron chi connectivity index (χ2n) is 6.60. The van der Waals surface area contributed by atoms with Crippen LogP contribution >= 0.6 is 90.4 Å². The summed E-state index contributed by atoms with van der Waals surface area (Å²) in [5.74, 6) is 0.910. The van der Waals surface area contributed by atoms with Gasteiger partial charge in [-0.2, -0.15) is 0 Å². The van der Waals surface area contributed by atoms with Crippen LogP contribution in [0.15, 0.2) is 36.4 Å². The van der Waals surface area contributed by atoms with Crippen LogP contribution in [-0.4, -0.2) is 15.3 Å². The fourth-order valence-electron chi connectivity index (χ4n) is 3.08. The van der Waals surface area contributed by atoms with Gasteiger partial charge in [0.15, 0.2) is 0 Å². The van der Waals surface area contributed by atoms with Crippen molar-refractivity contribution < 1.29 is 15.3 Å². The third-order valence-electron chi connectivity index (χ3n) is 4.35. The van der Waals surface area contributed by atoms with Gasteiger partial charge in [0.05, 0.1) is 14.3 Å². The molecule has 0 aliphatic heterocycles. The Balaban J connectivity index is 1.96. The van der Waals surface area contributed by atoms with Gasteiger partial charge >= 0.3 is 0 Å². The minimum absolute atomic E-state index is 0.302. The Morgan fingerprint density at radius 3 is 1.21 bits per heavy atom. The fraction of sp³-hybridized carbons (Fsp3) is 0.143. The van der Waals surface area contributed by atoms with E-state index >= 15 is 0 Å². The van der Waals surface area contributed by atoms with Gasteiger partial charge in [0.1, 0.15) is 17.2 Å². The summed E-state index contributed by atoms with van der Waals surface area (Å²) in [6.45, 7) is 2.03. The Hall–Kier alpha value is -0.0200. The number of rotatable bonds is 4. The molecule has 0 aromatic heterocycles. The Morgan fingerprint density at radius 1 is 0.571 bits per heavy atom. The van der Waals surface area contributed by atoms with Crippen molar-refractivity contribution in [2.24, 2.45) is 0 Å². The SMILES string of the molecule is Cc1cc(Cc2cc(I)c(O)c(I)c2)c(O)c(Cc2cc(I)c(O)c(I)c2)c1. The normalized spacial score (nSPS) is 11.0. The van der Waals surface area contributed by atoms with E-state index in [2.05, 4.69) is 90.4 Å². The average Bonchev–Trinajstić information content (AvgIpc) is 2.61. The van der Waals surface area contributed by atoms with E-state index in [9.17, 15) is 15.3 Å². The third kappa shape index (κ3) is 5.17. The smallest absolute Gasteiger partial charge is 0.142 e. The predicted molar refractivity (Wildman–Crippen MR) is 146 cm³/mol. The summed E-state index contributed by atoms with van der Waals surface area (Å²) in [4.78, 5) is 0. The molecule has 0 atom stereocenters. The lowest BCUT2D eigenvalue weighted by atomic mass is 9.95. The maximum Gasteiger partial charge on any atom is 0.142 e. The predicted octanol–water partition coefficient (Wildman–Crippen LogP) is 6.71. The van der Waals surface area contributed by atoms with Gasteiger partial charge in [-0.3, -0.25) is 0 Å². The molecule has 3 N–H and O–H groups in total. The second kappa shape index (κ2) is 9.41. The number of phenols is 3. The van der Waals surface area contributed by atoms with Gasteiger partial charge in [0.25, 0.3) is 0 Å². The number of aromatic hydroxyl groups is 3. The van der Waals surface area contributed by atoms with Gasteiger partial charge in [-0.1, -0.05) is 17.7 Å². The van der Waals surface area contributed by atoms with Crippen molar-refractivity contribution in [3.8, 4) is 17.2 Å². The zero-order valence-corrected chi connectivity index (χ0v) is 23.4. The third-order valence-corrected chi connectivity index (χ3v) is 7.64. The molecule has 0 spiro atoms. The standard InChI is InChI=1S/C21H16I4O3/c1-10-2-13(4-11-6-15(22)20(27)16(23)7-11)19(26)14(3-10)5-12-8-17(24)21(28)18(25)9-12/h2-3,6-9,26-28H,4-5H2,1H3. The van der Waals surface area contributed by atoms with Crippen LogP contribution in [0, 0.1) is 21.2 Å². The highest BCUT2D eigenvalue weighted by Crippen LogP contribution is 2.34. The molecule has 3 nitrogen and oxygen atoms in total. The monoisotopic (exact) mass is 824 g/mol. The highest BCUT2D eigenvalue weighted by molar-refractivity contribution is 14.1. The molecule has 3 aromatic carbocycles. The highest BCUT2D eigenvalue weighted by atomic mass is 127. The molecule has 0 bridgehead atoms. The van der Waals surface area contributed by atoms with Gasteiger partial charge in [0.2, 0.25) is 0 Å². The number of hydrogen-bond acceptors (Lipinski definition) is 3. The highest BCUT2D eigenvalue weighted by Gasteiger charge is 2.14. The van der Waals surface area contributed by atoms with Crippen molar-refractivity contribution >= 4 is 90.4 Å². The van der Waals surface area contributed by atoms with Crippen molar-refractivity contribution in [1.82, 2.24) is 0 Å². The van der Waals surface area contributed by atoms with Gasteiger partial charge in [-0.25, -0.2) is 0 Å². The Kier molecular flexibility index (Phi) is 7.62. The summed E-state index contributed by atoms with van der Waals surface area (Å²) in [5.41, 5.74) is 4.93. The number of phenolic OH excluding ortho intramolecular Hbond substituents is 3. The first kappa shape index (κ1) is 22.7. The summed E-state index contributed by atoms with van der Waals surface area (Å²) in [7, 11) is 0. The number of benzene rings is 3. The summed E-state index contributed by atoms with van der Waals surface area (Å²) in [6, 6.07) is 11.8. The quantitative estimate of drug-likeness (QED) is 0.257. The Labute approximate surface area is 218 Å². The van der Waals surface area contributed by atoms with Crippen LogP contribution in [0.4, 0.5) is 0 Å². The minimum Gasteiger partial charge on any atom is -0.507 e. The molecule has 0 saturated heterocycles. The van der Waals surface area contributed by atoms with Crippen molar-refractivity contribution in [2.45, 2.75) is 19.8 Å². The second-order valence-corrected chi connectivity index (χ2v) is 11.3. The largest absolute Gasteiger partial charge is 0.507 e. The maximum absolute atomic E-state index is 10.9. The van der Waals surface area contributed by atoms with Crippen molar-refractivity contribution in [3.63, 3.8) is 0 Å². The van der Waals surface area contributed by atoms with E-state index in [1.807, 2.05) is 43.3 Å². The van der Waals surface area contributed by atoms with Crippen LogP contribution in [0.1, 0.15) is 27.8 Å². The maximum atomic E-state index is 10.9. The van der Waals surface area contributed by atoms with E-state index in [0.717, 1.165) is 42.1 Å². The Bertz CT molecular complexity index is 937. The Morgan fingerprint density at radius 2 is 0.893 bits per heavy atom. The molecular formula is C21H16I4O3. The van der Waals surface area contributed by atoms with Gasteiger partial charge in [-0.05, 0) is 144 Å². The minimum atomic E-state index is 0.302. The molecule has 7 heteroatoms. The zero-order chi connectivity index (χ0) is 20.6. The molecular weight excluding hydrogens is 808 g/mol. The van der Waals surface area contributed by atoms with Crippen LogP contribution in [-0.2, 0) is 12.8 Å². The number of hydrogen-bond donors (Lipinski definition) is 3. The fourth-order valence-corrected chi connectivity index (χ4v) is 6.88. The topological polar surface area (TPSA) is 60.7 Å². The molecule has 3 aromatic rings. The molecule has 3 rings (SSSR count). The van der Waals surface area contributed by atoms with E-state index in [0.29, 0.717) is 30.1 Å². The number of halogens is 4. The lowest BCUT2D eigenvalue weighted by Crippen LogP contribution is -1.98.